The number of halogens is 1. The molecule has 1 N–H and O–H groups in total. The number of aliphatic imine (C=N–C) groups is 1. The second-order valence-corrected chi connectivity index (χ2v) is 9.16. The Hall–Kier alpha value is -3.17. The van der Waals surface area contributed by atoms with Crippen LogP contribution in [-0.2, 0) is 4.79 Å². The van der Waals surface area contributed by atoms with Crippen LogP contribution >= 0.6 is 27.7 Å². The lowest BCUT2D eigenvalue weighted by molar-refractivity contribution is -0.384. The van der Waals surface area contributed by atoms with Crippen LogP contribution in [0.4, 0.5) is 11.4 Å². The van der Waals surface area contributed by atoms with Crippen LogP contribution in [-0.4, -0.2) is 16.0 Å². The SMILES string of the molecule is Cc1cc([N+](=O)[O-])ccc1-c1ccc(/C=C2/SC(=Nc3cc(C)c(Br)c(C)c3)NC2=O)o1. The van der Waals surface area contributed by atoms with Gasteiger partial charge < -0.3 is 9.73 Å². The lowest BCUT2D eigenvalue weighted by Gasteiger charge is -2.04. The highest BCUT2D eigenvalue weighted by atomic mass is 79.9. The van der Waals surface area contributed by atoms with Gasteiger partial charge in [0.15, 0.2) is 5.17 Å². The highest BCUT2D eigenvalue weighted by Gasteiger charge is 2.24. The molecule has 32 heavy (non-hydrogen) atoms. The van der Waals surface area contributed by atoms with Gasteiger partial charge in [0.25, 0.3) is 11.6 Å². The molecule has 1 aliphatic rings. The van der Waals surface area contributed by atoms with Crippen LogP contribution in [0.15, 0.2) is 61.3 Å². The number of benzene rings is 2. The quantitative estimate of drug-likeness (QED) is 0.247. The van der Waals surface area contributed by atoms with Crippen molar-refractivity contribution in [2.24, 2.45) is 4.99 Å². The molecule has 0 atom stereocenters. The molecule has 1 fully saturated rings. The van der Waals surface area contributed by atoms with E-state index in [0.717, 1.165) is 32.4 Å². The Morgan fingerprint density at radius 3 is 2.47 bits per heavy atom. The first kappa shape index (κ1) is 22.0. The molecule has 7 nitrogen and oxygen atoms in total. The minimum absolute atomic E-state index is 0.0298. The molecule has 0 saturated carbocycles. The van der Waals surface area contributed by atoms with Crippen molar-refractivity contribution < 1.29 is 14.1 Å². The molecule has 1 aromatic heterocycles. The zero-order valence-corrected chi connectivity index (χ0v) is 19.8. The van der Waals surface area contributed by atoms with Crippen molar-refractivity contribution in [1.29, 1.82) is 0 Å². The number of nitro benzene ring substituents is 1. The van der Waals surface area contributed by atoms with Gasteiger partial charge in [0, 0.05) is 28.2 Å². The number of hydrogen-bond donors (Lipinski definition) is 1. The molecule has 162 valence electrons. The average molecular weight is 512 g/mol. The van der Waals surface area contributed by atoms with Gasteiger partial charge in [-0.25, -0.2) is 4.99 Å². The molecule has 1 saturated heterocycles. The summed E-state index contributed by atoms with van der Waals surface area (Å²) < 4.78 is 6.92. The molecule has 0 aliphatic carbocycles. The molecule has 2 heterocycles. The Morgan fingerprint density at radius 1 is 1.09 bits per heavy atom. The van der Waals surface area contributed by atoms with E-state index < -0.39 is 4.92 Å². The number of aryl methyl sites for hydroxylation is 3. The summed E-state index contributed by atoms with van der Waals surface area (Å²) in [5.74, 6) is 0.832. The van der Waals surface area contributed by atoms with Crippen molar-refractivity contribution >= 4 is 56.2 Å². The maximum absolute atomic E-state index is 12.4. The third-order valence-electron chi connectivity index (χ3n) is 4.89. The monoisotopic (exact) mass is 511 g/mol. The highest BCUT2D eigenvalue weighted by molar-refractivity contribution is 9.10. The number of rotatable bonds is 4. The van der Waals surface area contributed by atoms with Crippen molar-refractivity contribution in [3.05, 3.63) is 84.4 Å². The summed E-state index contributed by atoms with van der Waals surface area (Å²) in [7, 11) is 0. The van der Waals surface area contributed by atoms with Gasteiger partial charge in [-0.1, -0.05) is 15.9 Å². The lowest BCUT2D eigenvalue weighted by Crippen LogP contribution is -2.19. The molecule has 1 amide bonds. The summed E-state index contributed by atoms with van der Waals surface area (Å²) in [6.07, 6.45) is 1.66. The summed E-state index contributed by atoms with van der Waals surface area (Å²) in [6, 6.07) is 12.0. The normalized spacial score (nSPS) is 16.1. The molecule has 4 rings (SSSR count). The highest BCUT2D eigenvalue weighted by Crippen LogP contribution is 2.33. The number of amides is 1. The molecule has 3 aromatic rings. The number of thioether (sulfide) groups is 1. The smallest absolute Gasteiger partial charge is 0.269 e. The summed E-state index contributed by atoms with van der Waals surface area (Å²) >= 11 is 4.78. The Morgan fingerprint density at radius 2 is 1.81 bits per heavy atom. The third kappa shape index (κ3) is 4.53. The van der Waals surface area contributed by atoms with Crippen LogP contribution in [0, 0.1) is 30.9 Å². The van der Waals surface area contributed by atoms with Crippen molar-refractivity contribution in [3.8, 4) is 11.3 Å². The van der Waals surface area contributed by atoms with Gasteiger partial charge in [0.1, 0.15) is 11.5 Å². The molecule has 1 aliphatic heterocycles. The molecule has 0 unspecified atom stereocenters. The van der Waals surface area contributed by atoms with Crippen LogP contribution in [0.5, 0.6) is 0 Å². The van der Waals surface area contributed by atoms with E-state index in [-0.39, 0.29) is 11.6 Å². The van der Waals surface area contributed by atoms with Gasteiger partial charge in [-0.15, -0.1) is 0 Å². The fourth-order valence-corrected chi connectivity index (χ4v) is 4.38. The molecular formula is C23H18BrN3O4S. The van der Waals surface area contributed by atoms with Gasteiger partial charge in [0.05, 0.1) is 15.5 Å². The van der Waals surface area contributed by atoms with Crippen molar-refractivity contribution in [3.63, 3.8) is 0 Å². The van der Waals surface area contributed by atoms with E-state index in [0.29, 0.717) is 21.6 Å². The molecule has 9 heteroatoms. The van der Waals surface area contributed by atoms with Crippen LogP contribution in [0.2, 0.25) is 0 Å². The van der Waals surface area contributed by atoms with Crippen LogP contribution in [0.25, 0.3) is 17.4 Å². The summed E-state index contributed by atoms with van der Waals surface area (Å²) in [5.41, 5.74) is 4.42. The Balaban J connectivity index is 1.56. The first-order chi connectivity index (χ1) is 15.2. The topological polar surface area (TPSA) is 97.7 Å². The van der Waals surface area contributed by atoms with Crippen molar-refractivity contribution in [1.82, 2.24) is 5.32 Å². The standard InChI is InChI=1S/C23H18BrN3O4S/c1-12-10-16(27(29)30)4-6-18(12)19-7-5-17(31-19)11-20-22(28)26-23(32-20)25-15-8-13(2)21(24)14(3)9-15/h4-11H,1-3H3,(H,25,26,28)/b20-11+. The van der Waals surface area contributed by atoms with Gasteiger partial charge in [-0.05, 0) is 79.6 Å². The van der Waals surface area contributed by atoms with Gasteiger partial charge in [-0.3, -0.25) is 14.9 Å². The average Bonchev–Trinajstić information content (AvgIpc) is 3.32. The van der Waals surface area contributed by atoms with Crippen LogP contribution in [0.1, 0.15) is 22.5 Å². The zero-order chi connectivity index (χ0) is 23.0. The second kappa shape index (κ2) is 8.76. The fraction of sp³-hybridized carbons (Fsp3) is 0.130. The predicted octanol–water partition coefficient (Wildman–Crippen LogP) is 6.43. The first-order valence-corrected chi connectivity index (χ1v) is 11.2. The number of nitrogens with zero attached hydrogens (tertiary/aromatic N) is 2. The van der Waals surface area contributed by atoms with Crippen LogP contribution < -0.4 is 5.32 Å². The Bertz CT molecular complexity index is 1300. The Labute approximate surface area is 196 Å². The maximum Gasteiger partial charge on any atom is 0.269 e. The van der Waals surface area contributed by atoms with E-state index in [1.165, 1.54) is 23.9 Å². The van der Waals surface area contributed by atoms with E-state index in [1.807, 2.05) is 26.0 Å². The molecular weight excluding hydrogens is 494 g/mol. The first-order valence-electron chi connectivity index (χ1n) is 9.63. The van der Waals surface area contributed by atoms with E-state index in [4.69, 9.17) is 4.42 Å². The molecule has 0 radical (unpaired) electrons. The lowest BCUT2D eigenvalue weighted by atomic mass is 10.1. The summed E-state index contributed by atoms with van der Waals surface area (Å²) in [6.45, 7) is 5.78. The predicted molar refractivity (Wildman–Crippen MR) is 130 cm³/mol. The number of hydrogen-bond acceptors (Lipinski definition) is 6. The second-order valence-electron chi connectivity index (χ2n) is 7.33. The minimum atomic E-state index is -0.430. The fourth-order valence-electron chi connectivity index (χ4n) is 3.33. The number of non-ortho nitro benzene ring substituents is 1. The van der Waals surface area contributed by atoms with Gasteiger partial charge in [-0.2, -0.15) is 0 Å². The number of amidine groups is 1. The number of furan rings is 1. The van der Waals surface area contributed by atoms with E-state index in [2.05, 4.69) is 26.2 Å². The summed E-state index contributed by atoms with van der Waals surface area (Å²) in [5, 5.41) is 14.2. The maximum atomic E-state index is 12.4. The summed E-state index contributed by atoms with van der Waals surface area (Å²) in [4.78, 5) is 27.9. The third-order valence-corrected chi connectivity index (χ3v) is 7.05. The van der Waals surface area contributed by atoms with Gasteiger partial charge in [0.2, 0.25) is 0 Å². The number of carbonyl (C=O) groups is 1. The van der Waals surface area contributed by atoms with E-state index >= 15 is 0 Å². The largest absolute Gasteiger partial charge is 0.457 e. The van der Waals surface area contributed by atoms with Gasteiger partial charge >= 0.3 is 0 Å². The van der Waals surface area contributed by atoms with Crippen LogP contribution in [0.3, 0.4) is 0 Å². The molecule has 2 aromatic carbocycles. The van der Waals surface area contributed by atoms with Crippen molar-refractivity contribution in [2.45, 2.75) is 20.8 Å². The number of nitro groups is 1. The molecule has 0 bridgehead atoms. The van der Waals surface area contributed by atoms with E-state index in [9.17, 15) is 14.9 Å². The number of carbonyl (C=O) groups excluding carboxylic acids is 1. The zero-order valence-electron chi connectivity index (χ0n) is 17.4. The van der Waals surface area contributed by atoms with Crippen molar-refractivity contribution in [2.75, 3.05) is 0 Å². The van der Waals surface area contributed by atoms with E-state index in [1.54, 1.807) is 31.2 Å². The minimum Gasteiger partial charge on any atom is -0.457 e. The molecule has 0 spiro atoms. The number of nitrogens with one attached hydrogen (secondary N) is 1. The Kier molecular flexibility index (Phi) is 6.03.